The van der Waals surface area contributed by atoms with Gasteiger partial charge in [-0.2, -0.15) is 9.78 Å². The van der Waals surface area contributed by atoms with Gasteiger partial charge in [0.2, 0.25) is 0 Å². The molecule has 0 aliphatic heterocycles. The summed E-state index contributed by atoms with van der Waals surface area (Å²) in [6.45, 7) is 4.25. The summed E-state index contributed by atoms with van der Waals surface area (Å²) < 4.78 is 53.7. The van der Waals surface area contributed by atoms with Crippen LogP contribution in [0.25, 0.3) is 17.2 Å². The van der Waals surface area contributed by atoms with E-state index in [1.54, 1.807) is 12.3 Å². The maximum atomic E-state index is 14.7. The van der Waals surface area contributed by atoms with Crippen LogP contribution in [0.5, 0.6) is 5.75 Å². The predicted octanol–water partition coefficient (Wildman–Crippen LogP) is 3.29. The number of hydrogen-bond donors (Lipinski definition) is 1. The van der Waals surface area contributed by atoms with E-state index in [1.807, 2.05) is 6.07 Å². The molecule has 202 valence electrons. The van der Waals surface area contributed by atoms with E-state index in [2.05, 4.69) is 39.1 Å². The number of fused-ring (bicyclic) bond motifs is 5. The van der Waals surface area contributed by atoms with Crippen molar-refractivity contribution < 1.29 is 22.3 Å². The Morgan fingerprint density at radius 1 is 1.15 bits per heavy atom. The molecule has 10 nitrogen and oxygen atoms in total. The number of aromatic nitrogens is 7. The fourth-order valence-corrected chi connectivity index (χ4v) is 6.83. The number of phenols is 1. The molecule has 0 unspecified atom stereocenters. The highest BCUT2D eigenvalue weighted by Gasteiger charge is 2.65. The highest BCUT2D eigenvalue weighted by Crippen LogP contribution is 2.69. The SMILES string of the molecule is CC1(C)[C@H]2CC[C@@]1(c1ccnc(-n3cnc(CCS(C)(=O)=O)n3)n1)c1nnc(-c3c(F)ccc(O)c3F)cc12. The lowest BCUT2D eigenvalue weighted by molar-refractivity contribution is 0.242. The Hall–Kier alpha value is -3.87. The Kier molecular flexibility index (Phi) is 5.58. The highest BCUT2D eigenvalue weighted by atomic mass is 32.2. The van der Waals surface area contributed by atoms with Crippen LogP contribution in [-0.2, 0) is 21.7 Å². The van der Waals surface area contributed by atoms with Gasteiger partial charge in [-0.05, 0) is 54.0 Å². The number of sulfone groups is 1. The van der Waals surface area contributed by atoms with Crippen LogP contribution >= 0.6 is 0 Å². The number of aromatic hydroxyl groups is 1. The topological polar surface area (TPSA) is 137 Å². The molecule has 3 aromatic heterocycles. The van der Waals surface area contributed by atoms with Gasteiger partial charge in [0.25, 0.3) is 5.95 Å². The van der Waals surface area contributed by atoms with Gasteiger partial charge in [0.1, 0.15) is 22.0 Å². The van der Waals surface area contributed by atoms with Crippen LogP contribution in [0.2, 0.25) is 0 Å². The van der Waals surface area contributed by atoms with E-state index in [4.69, 9.17) is 4.98 Å². The van der Waals surface area contributed by atoms with Crippen LogP contribution in [0, 0.1) is 17.0 Å². The molecule has 1 saturated carbocycles. The van der Waals surface area contributed by atoms with Crippen LogP contribution in [0.3, 0.4) is 0 Å². The quantitative estimate of drug-likeness (QED) is 0.381. The van der Waals surface area contributed by atoms with Crippen LogP contribution in [0.1, 0.15) is 55.4 Å². The monoisotopic (exact) mass is 553 g/mol. The summed E-state index contributed by atoms with van der Waals surface area (Å²) in [7, 11) is -3.16. The first kappa shape index (κ1) is 25.4. The molecule has 39 heavy (non-hydrogen) atoms. The van der Waals surface area contributed by atoms with E-state index in [0.29, 0.717) is 17.2 Å². The normalized spacial score (nSPS) is 21.3. The molecular weight excluding hydrogens is 528 g/mol. The summed E-state index contributed by atoms with van der Waals surface area (Å²) >= 11 is 0. The molecule has 0 radical (unpaired) electrons. The molecule has 2 aliphatic rings. The van der Waals surface area contributed by atoms with Crippen molar-refractivity contribution in [3.05, 3.63) is 71.2 Å². The summed E-state index contributed by atoms with van der Waals surface area (Å²) in [6.07, 6.45) is 5.97. The summed E-state index contributed by atoms with van der Waals surface area (Å²) in [6, 6.07) is 5.46. The van der Waals surface area contributed by atoms with E-state index in [0.717, 1.165) is 36.8 Å². The average Bonchev–Trinajstić information content (AvgIpc) is 3.53. The van der Waals surface area contributed by atoms with Gasteiger partial charge < -0.3 is 5.11 Å². The molecule has 1 fully saturated rings. The molecule has 0 saturated heterocycles. The molecule has 3 heterocycles. The smallest absolute Gasteiger partial charge is 0.252 e. The molecule has 0 spiro atoms. The summed E-state index contributed by atoms with van der Waals surface area (Å²) in [4.78, 5) is 13.4. The van der Waals surface area contributed by atoms with Crippen molar-refractivity contribution in [3.8, 4) is 23.0 Å². The first-order valence-corrected chi connectivity index (χ1v) is 14.5. The number of halogens is 2. The van der Waals surface area contributed by atoms with Crippen LogP contribution in [-0.4, -0.2) is 60.5 Å². The Labute approximate surface area is 223 Å². The largest absolute Gasteiger partial charge is 0.505 e. The third kappa shape index (κ3) is 3.81. The van der Waals surface area contributed by atoms with E-state index < -0.39 is 38.2 Å². The minimum Gasteiger partial charge on any atom is -0.505 e. The first-order valence-electron chi connectivity index (χ1n) is 12.4. The van der Waals surface area contributed by atoms with Gasteiger partial charge in [0, 0.05) is 18.9 Å². The lowest BCUT2D eigenvalue weighted by Crippen LogP contribution is -2.38. The van der Waals surface area contributed by atoms with E-state index in [-0.39, 0.29) is 35.1 Å². The molecule has 2 bridgehead atoms. The molecule has 2 aliphatic carbocycles. The molecule has 1 N–H and O–H groups in total. The maximum Gasteiger partial charge on any atom is 0.252 e. The third-order valence-electron chi connectivity index (χ3n) is 8.23. The van der Waals surface area contributed by atoms with Gasteiger partial charge >= 0.3 is 0 Å². The summed E-state index contributed by atoms with van der Waals surface area (Å²) in [5.74, 6) is -1.95. The number of rotatable bonds is 6. The molecule has 2 atom stereocenters. The van der Waals surface area contributed by atoms with Crippen molar-refractivity contribution >= 4 is 9.84 Å². The molecule has 0 amide bonds. The van der Waals surface area contributed by atoms with Gasteiger partial charge in [0.15, 0.2) is 17.4 Å². The van der Waals surface area contributed by atoms with Crippen molar-refractivity contribution in [2.45, 2.75) is 44.4 Å². The summed E-state index contributed by atoms with van der Waals surface area (Å²) in [5.41, 5.74) is 0.878. The number of phenolic OH excluding ortho intramolecular Hbond substituents is 1. The zero-order valence-corrected chi connectivity index (χ0v) is 22.2. The Morgan fingerprint density at radius 2 is 1.95 bits per heavy atom. The maximum absolute atomic E-state index is 14.7. The lowest BCUT2D eigenvalue weighted by Gasteiger charge is -2.37. The molecule has 1 aromatic carbocycles. The van der Waals surface area contributed by atoms with E-state index >= 15 is 0 Å². The number of benzene rings is 1. The third-order valence-corrected chi connectivity index (χ3v) is 9.18. The van der Waals surface area contributed by atoms with Gasteiger partial charge in [-0.15, -0.1) is 10.2 Å². The van der Waals surface area contributed by atoms with Gasteiger partial charge in [-0.1, -0.05) is 13.8 Å². The fourth-order valence-electron chi connectivity index (χ4n) is 6.27. The standard InChI is InChI=1S/C26H25F2N7O3S/c1-25(2)15-6-9-26(25,23-14(15)12-17(32-33-23)21-16(27)4-5-18(36)22(21)28)19-7-10-29-24(31-19)35-13-30-20(34-35)8-11-39(3,37)38/h4-5,7,10,12-13,15,36H,6,8-9,11H2,1-3H3/t15-,26+/m0/s1. The molecular formula is C26H25F2N7O3S. The zero-order chi connectivity index (χ0) is 27.7. The minimum atomic E-state index is -3.16. The molecule has 13 heteroatoms. The Bertz CT molecular complexity index is 1740. The molecule has 4 aromatic rings. The highest BCUT2D eigenvalue weighted by molar-refractivity contribution is 7.90. The van der Waals surface area contributed by atoms with Gasteiger partial charge in [-0.3, -0.25) is 0 Å². The van der Waals surface area contributed by atoms with E-state index in [1.165, 1.54) is 11.0 Å². The fraction of sp³-hybridized carbons (Fsp3) is 0.385. The van der Waals surface area contributed by atoms with Crippen molar-refractivity contribution in [2.75, 3.05) is 12.0 Å². The second-order valence-corrected chi connectivity index (χ2v) is 13.0. The summed E-state index contributed by atoms with van der Waals surface area (Å²) in [5, 5.41) is 22.9. The second kappa shape index (κ2) is 8.57. The van der Waals surface area contributed by atoms with Crippen LogP contribution < -0.4 is 0 Å². The predicted molar refractivity (Wildman–Crippen MR) is 136 cm³/mol. The minimum absolute atomic E-state index is 0.0192. The average molecular weight is 554 g/mol. The lowest BCUT2D eigenvalue weighted by atomic mass is 9.66. The Balaban J connectivity index is 1.42. The molecule has 6 rings (SSSR count). The second-order valence-electron chi connectivity index (χ2n) is 10.7. The van der Waals surface area contributed by atoms with Crippen molar-refractivity contribution in [3.63, 3.8) is 0 Å². The Morgan fingerprint density at radius 3 is 2.72 bits per heavy atom. The van der Waals surface area contributed by atoms with Gasteiger partial charge in [-0.25, -0.2) is 32.2 Å². The zero-order valence-electron chi connectivity index (χ0n) is 21.4. The van der Waals surface area contributed by atoms with Crippen LogP contribution in [0.4, 0.5) is 8.78 Å². The van der Waals surface area contributed by atoms with Crippen molar-refractivity contribution in [1.82, 2.24) is 34.9 Å². The number of hydrogen-bond acceptors (Lipinski definition) is 9. The van der Waals surface area contributed by atoms with Crippen molar-refractivity contribution in [1.29, 1.82) is 0 Å². The first-order chi connectivity index (χ1) is 18.4. The number of aryl methyl sites for hydroxylation is 1. The number of nitrogens with zero attached hydrogens (tertiary/aromatic N) is 7. The van der Waals surface area contributed by atoms with Gasteiger partial charge in [0.05, 0.1) is 33.8 Å². The van der Waals surface area contributed by atoms with E-state index in [9.17, 15) is 22.3 Å². The van der Waals surface area contributed by atoms with Crippen LogP contribution in [0.15, 0.2) is 36.8 Å². The van der Waals surface area contributed by atoms with Crippen molar-refractivity contribution in [2.24, 2.45) is 5.41 Å².